The van der Waals surface area contributed by atoms with Gasteiger partial charge in [-0.1, -0.05) is 39.7 Å². The van der Waals surface area contributed by atoms with E-state index in [1.54, 1.807) is 6.20 Å². The zero-order valence-corrected chi connectivity index (χ0v) is 12.3. The van der Waals surface area contributed by atoms with Gasteiger partial charge in [-0.3, -0.25) is 4.57 Å². The van der Waals surface area contributed by atoms with Crippen molar-refractivity contribution in [3.63, 3.8) is 0 Å². The highest BCUT2D eigenvalue weighted by atomic mass is 79.9. The Morgan fingerprint density at radius 3 is 2.47 bits per heavy atom. The van der Waals surface area contributed by atoms with Crippen LogP contribution in [0.15, 0.2) is 65.4 Å². The van der Waals surface area contributed by atoms with Crippen molar-refractivity contribution in [3.05, 3.63) is 70.4 Å². The Hall–Kier alpha value is -1.58. The first-order valence-corrected chi connectivity index (χ1v) is 6.97. The smallest absolute Gasteiger partial charge is 0.145 e. The van der Waals surface area contributed by atoms with E-state index in [0.29, 0.717) is 5.02 Å². The summed E-state index contributed by atoms with van der Waals surface area (Å²) in [5.74, 6) is 0.841. The molecule has 0 saturated heterocycles. The monoisotopic (exact) mass is 332 g/mol. The van der Waals surface area contributed by atoms with Gasteiger partial charge in [0.15, 0.2) is 0 Å². The van der Waals surface area contributed by atoms with Crippen LogP contribution in [0.5, 0.6) is 0 Å². The van der Waals surface area contributed by atoms with Crippen LogP contribution < -0.4 is 0 Å². The molecule has 2 nitrogen and oxygen atoms in total. The van der Waals surface area contributed by atoms with Gasteiger partial charge in [-0.15, -0.1) is 0 Å². The molecule has 2 aromatic carbocycles. The van der Waals surface area contributed by atoms with Gasteiger partial charge in [0.05, 0.1) is 5.02 Å². The second-order valence-electron chi connectivity index (χ2n) is 4.08. The fourth-order valence-corrected chi connectivity index (χ4v) is 2.44. The van der Waals surface area contributed by atoms with E-state index in [4.69, 9.17) is 11.6 Å². The molecule has 0 N–H and O–H groups in total. The van der Waals surface area contributed by atoms with Crippen molar-refractivity contribution in [1.29, 1.82) is 0 Å². The molecular formula is C15H10BrClN2. The maximum Gasteiger partial charge on any atom is 0.145 e. The molecule has 0 spiro atoms. The Labute approximate surface area is 124 Å². The molecule has 0 bridgehead atoms. The predicted molar refractivity (Wildman–Crippen MR) is 81.7 cm³/mol. The molecular weight excluding hydrogens is 324 g/mol. The van der Waals surface area contributed by atoms with Gasteiger partial charge in [-0.05, 0) is 36.4 Å². The van der Waals surface area contributed by atoms with Crippen LogP contribution >= 0.6 is 27.5 Å². The summed E-state index contributed by atoms with van der Waals surface area (Å²) in [6, 6.07) is 15.8. The average molecular weight is 334 g/mol. The lowest BCUT2D eigenvalue weighted by molar-refractivity contribution is 1.07. The minimum atomic E-state index is 0.701. The summed E-state index contributed by atoms with van der Waals surface area (Å²) in [6.07, 6.45) is 3.71. The number of nitrogens with zero attached hydrogens (tertiary/aromatic N) is 2. The molecule has 3 aromatic rings. The number of aromatic nitrogens is 2. The van der Waals surface area contributed by atoms with E-state index >= 15 is 0 Å². The molecule has 0 amide bonds. The van der Waals surface area contributed by atoms with Crippen LogP contribution in [0.2, 0.25) is 5.02 Å². The lowest BCUT2D eigenvalue weighted by atomic mass is 10.2. The number of rotatable bonds is 2. The average Bonchev–Trinajstić information content (AvgIpc) is 2.89. The zero-order chi connectivity index (χ0) is 13.2. The standard InChI is InChI=1S/C15H10BrClN2/c16-11-5-7-12(8-6-11)19-10-9-18-15(19)13-3-1-2-4-14(13)17/h1-10H. The van der Waals surface area contributed by atoms with Gasteiger partial charge < -0.3 is 0 Å². The maximum absolute atomic E-state index is 6.24. The zero-order valence-electron chi connectivity index (χ0n) is 9.92. The first-order valence-electron chi connectivity index (χ1n) is 5.80. The summed E-state index contributed by atoms with van der Waals surface area (Å²) in [4.78, 5) is 4.41. The van der Waals surface area contributed by atoms with Gasteiger partial charge in [0, 0.05) is 28.1 Å². The van der Waals surface area contributed by atoms with Crippen molar-refractivity contribution in [1.82, 2.24) is 9.55 Å². The molecule has 1 aromatic heterocycles. The fourth-order valence-electron chi connectivity index (χ4n) is 1.96. The van der Waals surface area contributed by atoms with Crippen molar-refractivity contribution < 1.29 is 0 Å². The molecule has 3 rings (SSSR count). The molecule has 0 unspecified atom stereocenters. The van der Waals surface area contributed by atoms with Crippen LogP contribution in [0.3, 0.4) is 0 Å². The van der Waals surface area contributed by atoms with E-state index in [0.717, 1.165) is 21.5 Å². The highest BCUT2D eigenvalue weighted by Crippen LogP contribution is 2.28. The highest BCUT2D eigenvalue weighted by Gasteiger charge is 2.10. The van der Waals surface area contributed by atoms with Crippen LogP contribution in [0.4, 0.5) is 0 Å². The van der Waals surface area contributed by atoms with Crippen molar-refractivity contribution in [2.75, 3.05) is 0 Å². The lowest BCUT2D eigenvalue weighted by Crippen LogP contribution is -1.96. The minimum Gasteiger partial charge on any atom is -0.300 e. The molecule has 0 fully saturated rings. The molecule has 0 radical (unpaired) electrons. The normalized spacial score (nSPS) is 10.6. The second-order valence-corrected chi connectivity index (χ2v) is 5.40. The van der Waals surface area contributed by atoms with Gasteiger partial charge in [0.1, 0.15) is 5.82 Å². The Kier molecular flexibility index (Phi) is 3.40. The molecule has 0 saturated carbocycles. The largest absolute Gasteiger partial charge is 0.300 e. The number of imidazole rings is 1. The Bertz CT molecular complexity index is 704. The van der Waals surface area contributed by atoms with E-state index in [2.05, 4.69) is 20.9 Å². The Balaban J connectivity index is 2.13. The Morgan fingerprint density at radius 1 is 1.00 bits per heavy atom. The van der Waals surface area contributed by atoms with Crippen LogP contribution in [0, 0.1) is 0 Å². The Morgan fingerprint density at radius 2 is 1.74 bits per heavy atom. The van der Waals surface area contributed by atoms with Crippen LogP contribution in [-0.2, 0) is 0 Å². The number of benzene rings is 2. The molecule has 94 valence electrons. The van der Waals surface area contributed by atoms with Gasteiger partial charge >= 0.3 is 0 Å². The molecule has 0 aliphatic carbocycles. The molecule has 0 aliphatic rings. The summed E-state index contributed by atoms with van der Waals surface area (Å²) in [7, 11) is 0. The summed E-state index contributed by atoms with van der Waals surface area (Å²) in [5, 5.41) is 0.701. The number of halogens is 2. The van der Waals surface area contributed by atoms with E-state index in [1.807, 2.05) is 59.3 Å². The molecule has 0 aliphatic heterocycles. The molecule has 4 heteroatoms. The number of hydrogen-bond donors (Lipinski definition) is 0. The van der Waals surface area contributed by atoms with Crippen LogP contribution in [0.1, 0.15) is 0 Å². The van der Waals surface area contributed by atoms with Crippen LogP contribution in [0.25, 0.3) is 17.1 Å². The van der Waals surface area contributed by atoms with E-state index < -0.39 is 0 Å². The first kappa shape index (κ1) is 12.5. The van der Waals surface area contributed by atoms with Crippen molar-refractivity contribution in [3.8, 4) is 17.1 Å². The summed E-state index contributed by atoms with van der Waals surface area (Å²) >= 11 is 9.68. The third-order valence-electron chi connectivity index (χ3n) is 2.86. The lowest BCUT2D eigenvalue weighted by Gasteiger charge is -2.09. The van der Waals surface area contributed by atoms with Crippen molar-refractivity contribution in [2.24, 2.45) is 0 Å². The van der Waals surface area contributed by atoms with Crippen molar-refractivity contribution in [2.45, 2.75) is 0 Å². The van der Waals surface area contributed by atoms with Gasteiger partial charge in [-0.25, -0.2) is 4.98 Å². The van der Waals surface area contributed by atoms with Gasteiger partial charge in [-0.2, -0.15) is 0 Å². The topological polar surface area (TPSA) is 17.8 Å². The second kappa shape index (κ2) is 5.19. The quantitative estimate of drug-likeness (QED) is 0.648. The van der Waals surface area contributed by atoms with Crippen LogP contribution in [-0.4, -0.2) is 9.55 Å². The molecule has 0 atom stereocenters. The first-order chi connectivity index (χ1) is 9.25. The fraction of sp³-hybridized carbons (Fsp3) is 0. The van der Waals surface area contributed by atoms with Gasteiger partial charge in [0.2, 0.25) is 0 Å². The van der Waals surface area contributed by atoms with E-state index in [-0.39, 0.29) is 0 Å². The van der Waals surface area contributed by atoms with E-state index in [9.17, 15) is 0 Å². The highest BCUT2D eigenvalue weighted by molar-refractivity contribution is 9.10. The predicted octanol–water partition coefficient (Wildman–Crippen LogP) is 4.96. The third-order valence-corrected chi connectivity index (χ3v) is 3.72. The minimum absolute atomic E-state index is 0.701. The van der Waals surface area contributed by atoms with E-state index in [1.165, 1.54) is 0 Å². The third kappa shape index (κ3) is 2.44. The molecule has 19 heavy (non-hydrogen) atoms. The SMILES string of the molecule is Clc1ccccc1-c1nccn1-c1ccc(Br)cc1. The molecule has 1 heterocycles. The summed E-state index contributed by atoms with van der Waals surface area (Å²) in [6.45, 7) is 0. The van der Waals surface area contributed by atoms with Gasteiger partial charge in [0.25, 0.3) is 0 Å². The summed E-state index contributed by atoms with van der Waals surface area (Å²) < 4.78 is 3.07. The maximum atomic E-state index is 6.24. The van der Waals surface area contributed by atoms with Crippen molar-refractivity contribution >= 4 is 27.5 Å². The number of hydrogen-bond acceptors (Lipinski definition) is 1. The summed E-state index contributed by atoms with van der Waals surface area (Å²) in [5.41, 5.74) is 1.98.